The SMILES string of the molecule is CC(=O)O.CC(=O)O.CC(=O)O.CC(=O)O.CCNCC. The van der Waals surface area contributed by atoms with Crippen LogP contribution in [0.2, 0.25) is 0 Å². The van der Waals surface area contributed by atoms with Crippen LogP contribution in [-0.4, -0.2) is 57.4 Å². The minimum Gasteiger partial charge on any atom is -0.481 e. The lowest BCUT2D eigenvalue weighted by molar-refractivity contribution is -0.135. The summed E-state index contributed by atoms with van der Waals surface area (Å²) >= 11 is 0. The Balaban J connectivity index is -0.0000000510. The van der Waals surface area contributed by atoms with E-state index in [1.807, 2.05) is 0 Å². The molecule has 0 fully saturated rings. The highest BCUT2D eigenvalue weighted by Crippen LogP contribution is 1.47. The van der Waals surface area contributed by atoms with Crippen LogP contribution >= 0.6 is 0 Å². The van der Waals surface area contributed by atoms with E-state index in [4.69, 9.17) is 39.6 Å². The average molecular weight is 313 g/mol. The quantitative estimate of drug-likeness (QED) is 0.500. The third-order valence-corrected chi connectivity index (χ3v) is 0.500. The molecule has 0 spiro atoms. The second kappa shape index (κ2) is 30.7. The molecule has 9 nitrogen and oxygen atoms in total. The predicted octanol–water partition coefficient (Wildman–Crippen LogP) is 0.979. The minimum atomic E-state index is -0.833. The number of nitrogens with one attached hydrogen (secondary N) is 1. The maximum Gasteiger partial charge on any atom is 0.300 e. The zero-order valence-corrected chi connectivity index (χ0v) is 13.3. The van der Waals surface area contributed by atoms with Crippen molar-refractivity contribution in [2.24, 2.45) is 0 Å². The summed E-state index contributed by atoms with van der Waals surface area (Å²) < 4.78 is 0. The molecule has 0 heterocycles. The van der Waals surface area contributed by atoms with Gasteiger partial charge in [0.25, 0.3) is 23.9 Å². The predicted molar refractivity (Wildman–Crippen MR) is 77.5 cm³/mol. The van der Waals surface area contributed by atoms with Crippen molar-refractivity contribution in [2.75, 3.05) is 13.1 Å². The highest BCUT2D eigenvalue weighted by atomic mass is 16.4. The third-order valence-electron chi connectivity index (χ3n) is 0.500. The molecule has 0 radical (unpaired) electrons. The van der Waals surface area contributed by atoms with Crippen molar-refractivity contribution in [1.82, 2.24) is 5.32 Å². The zero-order valence-electron chi connectivity index (χ0n) is 13.3. The second-order valence-electron chi connectivity index (χ2n) is 3.03. The van der Waals surface area contributed by atoms with Crippen LogP contribution in [0.5, 0.6) is 0 Å². The molecule has 0 amide bonds. The smallest absolute Gasteiger partial charge is 0.300 e. The lowest BCUT2D eigenvalue weighted by atomic mass is 10.7. The Labute approximate surface area is 124 Å². The molecule has 0 saturated heterocycles. The molecule has 21 heavy (non-hydrogen) atoms. The van der Waals surface area contributed by atoms with Crippen LogP contribution in [0.3, 0.4) is 0 Å². The Morgan fingerprint density at radius 2 is 0.714 bits per heavy atom. The molecule has 0 aromatic rings. The van der Waals surface area contributed by atoms with Crippen molar-refractivity contribution in [1.29, 1.82) is 0 Å². The molecule has 128 valence electrons. The van der Waals surface area contributed by atoms with Gasteiger partial charge in [0.2, 0.25) is 0 Å². The number of carboxylic acids is 4. The summed E-state index contributed by atoms with van der Waals surface area (Å²) in [7, 11) is 0. The Kier molecular flexibility index (Phi) is 45.7. The summed E-state index contributed by atoms with van der Waals surface area (Å²) in [4.78, 5) is 36.0. The van der Waals surface area contributed by atoms with E-state index in [1.54, 1.807) is 0 Å². The van der Waals surface area contributed by atoms with Gasteiger partial charge in [-0.1, -0.05) is 13.8 Å². The van der Waals surface area contributed by atoms with Gasteiger partial charge in [-0.2, -0.15) is 0 Å². The Morgan fingerprint density at radius 3 is 0.714 bits per heavy atom. The molecule has 0 aromatic heterocycles. The summed E-state index contributed by atoms with van der Waals surface area (Å²) in [6.07, 6.45) is 0. The molecule has 0 rings (SSSR count). The van der Waals surface area contributed by atoms with Crippen LogP contribution in [0.4, 0.5) is 0 Å². The van der Waals surface area contributed by atoms with E-state index in [0.717, 1.165) is 40.8 Å². The maximum absolute atomic E-state index is 9.00. The molecular formula is C12H27NO8. The number of rotatable bonds is 2. The van der Waals surface area contributed by atoms with E-state index in [-0.39, 0.29) is 0 Å². The maximum atomic E-state index is 9.00. The van der Waals surface area contributed by atoms with Crippen molar-refractivity contribution in [2.45, 2.75) is 41.5 Å². The average Bonchev–Trinajstić information content (AvgIpc) is 2.14. The monoisotopic (exact) mass is 313 g/mol. The fraction of sp³-hybridized carbons (Fsp3) is 0.667. The normalized spacial score (nSPS) is 6.76. The van der Waals surface area contributed by atoms with Gasteiger partial charge in [0.15, 0.2) is 0 Å². The molecule has 5 N–H and O–H groups in total. The molecule has 0 unspecified atom stereocenters. The highest BCUT2D eigenvalue weighted by molar-refractivity contribution is 5.63. The summed E-state index contributed by atoms with van der Waals surface area (Å²) in [5.74, 6) is -3.33. The minimum absolute atomic E-state index is 0.833. The number of hydrogen-bond acceptors (Lipinski definition) is 5. The number of hydrogen-bond donors (Lipinski definition) is 5. The van der Waals surface area contributed by atoms with Gasteiger partial charge in [0.1, 0.15) is 0 Å². The van der Waals surface area contributed by atoms with Crippen molar-refractivity contribution in [3.05, 3.63) is 0 Å². The summed E-state index contributed by atoms with van der Waals surface area (Å²) in [5.41, 5.74) is 0. The van der Waals surface area contributed by atoms with Gasteiger partial charge in [-0.05, 0) is 13.1 Å². The van der Waals surface area contributed by atoms with Gasteiger partial charge in [0.05, 0.1) is 0 Å². The van der Waals surface area contributed by atoms with Crippen molar-refractivity contribution < 1.29 is 39.6 Å². The molecule has 9 heteroatoms. The first kappa shape index (κ1) is 31.3. The molecular weight excluding hydrogens is 286 g/mol. The van der Waals surface area contributed by atoms with Crippen LogP contribution in [-0.2, 0) is 19.2 Å². The largest absolute Gasteiger partial charge is 0.481 e. The number of carboxylic acid groups (broad SMARTS) is 4. The van der Waals surface area contributed by atoms with Gasteiger partial charge >= 0.3 is 0 Å². The van der Waals surface area contributed by atoms with Crippen LogP contribution in [0.25, 0.3) is 0 Å². The molecule has 0 aliphatic rings. The lowest BCUT2D eigenvalue weighted by Gasteiger charge is -1.86. The molecule has 0 bridgehead atoms. The second-order valence-corrected chi connectivity index (χ2v) is 3.03. The summed E-state index contributed by atoms with van der Waals surface area (Å²) in [5, 5.41) is 32.8. The Morgan fingerprint density at radius 1 is 0.619 bits per heavy atom. The van der Waals surface area contributed by atoms with E-state index in [2.05, 4.69) is 19.2 Å². The summed E-state index contributed by atoms with van der Waals surface area (Å²) in [6, 6.07) is 0. The van der Waals surface area contributed by atoms with Crippen LogP contribution in [0.15, 0.2) is 0 Å². The van der Waals surface area contributed by atoms with Crippen LogP contribution in [0.1, 0.15) is 41.5 Å². The van der Waals surface area contributed by atoms with Crippen LogP contribution < -0.4 is 5.32 Å². The number of carbonyl (C=O) groups is 4. The van der Waals surface area contributed by atoms with Crippen molar-refractivity contribution in [3.8, 4) is 0 Å². The fourth-order valence-corrected chi connectivity index (χ4v) is 0.250. The lowest BCUT2D eigenvalue weighted by Crippen LogP contribution is -2.09. The van der Waals surface area contributed by atoms with E-state index in [9.17, 15) is 0 Å². The van der Waals surface area contributed by atoms with E-state index in [0.29, 0.717) is 0 Å². The van der Waals surface area contributed by atoms with Gasteiger partial charge in [-0.3, -0.25) is 19.2 Å². The van der Waals surface area contributed by atoms with Gasteiger partial charge in [-0.15, -0.1) is 0 Å². The standard InChI is InChI=1S/C4H11N.4C2H4O2/c1-3-5-4-2;4*1-2(3)4/h5H,3-4H2,1-2H3;4*1H3,(H,3,4). The van der Waals surface area contributed by atoms with Crippen molar-refractivity contribution >= 4 is 23.9 Å². The van der Waals surface area contributed by atoms with Gasteiger partial charge < -0.3 is 25.7 Å². The first-order chi connectivity index (χ1) is 9.34. The fourth-order valence-electron chi connectivity index (χ4n) is 0.250. The summed E-state index contributed by atoms with van der Waals surface area (Å²) in [6.45, 7) is 10.7. The highest BCUT2D eigenvalue weighted by Gasteiger charge is 1.66. The van der Waals surface area contributed by atoms with E-state index < -0.39 is 23.9 Å². The molecule has 0 aliphatic heterocycles. The van der Waals surface area contributed by atoms with Crippen LogP contribution in [0, 0.1) is 0 Å². The molecule has 0 aliphatic carbocycles. The van der Waals surface area contributed by atoms with E-state index in [1.165, 1.54) is 0 Å². The molecule has 0 aromatic carbocycles. The van der Waals surface area contributed by atoms with Gasteiger partial charge in [0, 0.05) is 27.7 Å². The zero-order chi connectivity index (χ0) is 18.4. The van der Waals surface area contributed by atoms with Gasteiger partial charge in [-0.25, -0.2) is 0 Å². The third kappa shape index (κ3) is 175000. The van der Waals surface area contributed by atoms with E-state index >= 15 is 0 Å². The van der Waals surface area contributed by atoms with Crippen molar-refractivity contribution in [3.63, 3.8) is 0 Å². The Hall–Kier alpha value is -2.16. The molecule has 0 atom stereocenters. The first-order valence-electron chi connectivity index (χ1n) is 5.83. The number of aliphatic carboxylic acids is 4. The first-order valence-corrected chi connectivity index (χ1v) is 5.83. The Bertz CT molecular complexity index is 200. The molecule has 0 saturated carbocycles. The topological polar surface area (TPSA) is 161 Å².